The third-order valence-electron chi connectivity index (χ3n) is 6.06. The number of amides is 4. The van der Waals surface area contributed by atoms with Gasteiger partial charge in [-0.2, -0.15) is 0 Å². The number of nitrogens with one attached hydrogen (secondary N) is 2. The normalized spacial score (nSPS) is 22.1. The molecule has 0 aromatic heterocycles. The van der Waals surface area contributed by atoms with E-state index in [9.17, 15) is 14.4 Å². The number of carbonyl (C=O) groups excluding carboxylic acids is 3. The van der Waals surface area contributed by atoms with Gasteiger partial charge in [-0.05, 0) is 43.6 Å². The summed E-state index contributed by atoms with van der Waals surface area (Å²) in [6, 6.07) is 9.83. The third-order valence-corrected chi connectivity index (χ3v) is 6.06. The molecule has 0 bridgehead atoms. The lowest BCUT2D eigenvalue weighted by Gasteiger charge is -2.20. The molecule has 1 unspecified atom stereocenters. The first kappa shape index (κ1) is 18.0. The van der Waals surface area contributed by atoms with Gasteiger partial charge in [0.25, 0.3) is 5.91 Å². The first-order chi connectivity index (χ1) is 13.1. The van der Waals surface area contributed by atoms with E-state index in [1.54, 1.807) is 0 Å². The molecule has 6 nitrogen and oxygen atoms in total. The van der Waals surface area contributed by atoms with Crippen LogP contribution in [0.1, 0.15) is 63.0 Å². The standard InChI is InChI=1S/C21H27N3O3/c25-17(22-18(16-10-11-16)15-7-2-1-3-8-15)9-6-14-24-19(26)21(23-20(24)27)12-4-5-13-21/h1-3,7-8,16,18H,4-6,9-14H2,(H,22,25)(H,23,27). The van der Waals surface area contributed by atoms with Gasteiger partial charge in [-0.15, -0.1) is 0 Å². The molecule has 3 aliphatic rings. The molecule has 27 heavy (non-hydrogen) atoms. The molecule has 2 saturated carbocycles. The molecule has 1 aliphatic heterocycles. The summed E-state index contributed by atoms with van der Waals surface area (Å²) in [4.78, 5) is 38.5. The van der Waals surface area contributed by atoms with E-state index in [1.807, 2.05) is 18.2 Å². The second kappa shape index (κ2) is 7.33. The van der Waals surface area contributed by atoms with Crippen molar-refractivity contribution in [1.82, 2.24) is 15.5 Å². The van der Waals surface area contributed by atoms with Gasteiger partial charge in [0.05, 0.1) is 6.04 Å². The van der Waals surface area contributed by atoms with Gasteiger partial charge in [0.1, 0.15) is 5.54 Å². The SMILES string of the molecule is O=C(CCCN1C(=O)NC2(CCCC2)C1=O)NC(c1ccccc1)C1CC1. The molecule has 2 N–H and O–H groups in total. The highest BCUT2D eigenvalue weighted by molar-refractivity contribution is 6.07. The molecule has 1 atom stereocenters. The predicted octanol–water partition coefficient (Wildman–Crippen LogP) is 2.90. The molecule has 6 heteroatoms. The fraction of sp³-hybridized carbons (Fsp3) is 0.571. The van der Waals surface area contributed by atoms with Gasteiger partial charge in [0, 0.05) is 13.0 Å². The summed E-state index contributed by atoms with van der Waals surface area (Å²) in [6.45, 7) is 0.305. The summed E-state index contributed by atoms with van der Waals surface area (Å²) < 4.78 is 0. The molecule has 2 aliphatic carbocycles. The van der Waals surface area contributed by atoms with Crippen LogP contribution in [0.2, 0.25) is 0 Å². The van der Waals surface area contributed by atoms with E-state index in [0.717, 1.165) is 44.1 Å². The Morgan fingerprint density at radius 1 is 1.19 bits per heavy atom. The van der Waals surface area contributed by atoms with Crippen molar-refractivity contribution < 1.29 is 14.4 Å². The maximum atomic E-state index is 12.6. The van der Waals surface area contributed by atoms with Crippen LogP contribution >= 0.6 is 0 Å². The van der Waals surface area contributed by atoms with Crippen molar-refractivity contribution in [1.29, 1.82) is 0 Å². The quantitative estimate of drug-likeness (QED) is 0.726. The highest BCUT2D eigenvalue weighted by atomic mass is 16.2. The van der Waals surface area contributed by atoms with Crippen LogP contribution in [0.5, 0.6) is 0 Å². The molecule has 4 rings (SSSR count). The molecule has 1 aromatic rings. The third kappa shape index (κ3) is 3.70. The van der Waals surface area contributed by atoms with E-state index in [-0.39, 0.29) is 23.9 Å². The van der Waals surface area contributed by atoms with Crippen LogP contribution < -0.4 is 10.6 Å². The topological polar surface area (TPSA) is 78.5 Å². The Morgan fingerprint density at radius 2 is 1.89 bits per heavy atom. The van der Waals surface area contributed by atoms with Gasteiger partial charge in [-0.25, -0.2) is 4.79 Å². The summed E-state index contributed by atoms with van der Waals surface area (Å²) in [5.74, 6) is 0.397. The molecule has 144 valence electrons. The smallest absolute Gasteiger partial charge is 0.325 e. The van der Waals surface area contributed by atoms with Gasteiger partial charge in [0.2, 0.25) is 5.91 Å². The van der Waals surface area contributed by atoms with Crippen LogP contribution in [0.4, 0.5) is 4.79 Å². The van der Waals surface area contributed by atoms with E-state index >= 15 is 0 Å². The minimum Gasteiger partial charge on any atom is -0.349 e. The second-order valence-corrected chi connectivity index (χ2v) is 8.07. The molecule has 3 fully saturated rings. The summed E-state index contributed by atoms with van der Waals surface area (Å²) in [5, 5.41) is 6.03. The van der Waals surface area contributed by atoms with Crippen LogP contribution in [0, 0.1) is 5.92 Å². The monoisotopic (exact) mass is 369 g/mol. The minimum atomic E-state index is -0.663. The Labute approximate surface area is 159 Å². The van der Waals surface area contributed by atoms with Crippen molar-refractivity contribution in [2.24, 2.45) is 5.92 Å². The van der Waals surface area contributed by atoms with Crippen molar-refractivity contribution in [3.63, 3.8) is 0 Å². The number of hydrogen-bond donors (Lipinski definition) is 2. The number of urea groups is 1. The van der Waals surface area contributed by atoms with Gasteiger partial charge < -0.3 is 10.6 Å². The van der Waals surface area contributed by atoms with Crippen LogP contribution in [0.3, 0.4) is 0 Å². The summed E-state index contributed by atoms with van der Waals surface area (Å²) >= 11 is 0. The van der Waals surface area contributed by atoms with E-state index in [2.05, 4.69) is 22.8 Å². The lowest BCUT2D eigenvalue weighted by atomic mass is 9.98. The molecular weight excluding hydrogens is 342 g/mol. The molecular formula is C21H27N3O3. The fourth-order valence-corrected chi connectivity index (χ4v) is 4.40. The first-order valence-corrected chi connectivity index (χ1v) is 10.1. The Morgan fingerprint density at radius 3 is 2.56 bits per heavy atom. The summed E-state index contributed by atoms with van der Waals surface area (Å²) in [6.07, 6.45) is 6.51. The van der Waals surface area contributed by atoms with Crippen LogP contribution in [-0.2, 0) is 9.59 Å². The fourth-order valence-electron chi connectivity index (χ4n) is 4.40. The Bertz CT molecular complexity index is 723. The molecule has 1 spiro atoms. The van der Waals surface area contributed by atoms with Crippen LogP contribution in [0.15, 0.2) is 30.3 Å². The lowest BCUT2D eigenvalue weighted by molar-refractivity contribution is -0.131. The summed E-state index contributed by atoms with van der Waals surface area (Å²) in [7, 11) is 0. The Kier molecular flexibility index (Phi) is 4.89. The number of carbonyl (C=O) groups is 3. The predicted molar refractivity (Wildman–Crippen MR) is 101 cm³/mol. The van der Waals surface area contributed by atoms with E-state index in [4.69, 9.17) is 0 Å². The number of rotatable bonds is 7. The van der Waals surface area contributed by atoms with Gasteiger partial charge in [0.15, 0.2) is 0 Å². The average molecular weight is 369 g/mol. The van der Waals surface area contributed by atoms with Crippen molar-refractivity contribution in [3.05, 3.63) is 35.9 Å². The number of benzene rings is 1. The highest BCUT2D eigenvalue weighted by Gasteiger charge is 2.52. The number of nitrogens with zero attached hydrogens (tertiary/aromatic N) is 1. The Hall–Kier alpha value is -2.37. The Balaban J connectivity index is 1.28. The second-order valence-electron chi connectivity index (χ2n) is 8.07. The zero-order valence-corrected chi connectivity index (χ0v) is 15.6. The zero-order chi connectivity index (χ0) is 18.9. The summed E-state index contributed by atoms with van der Waals surface area (Å²) in [5.41, 5.74) is 0.481. The molecule has 0 radical (unpaired) electrons. The van der Waals surface area contributed by atoms with Gasteiger partial charge in [-0.1, -0.05) is 43.2 Å². The van der Waals surface area contributed by atoms with Crippen LogP contribution in [0.25, 0.3) is 0 Å². The number of hydrogen-bond acceptors (Lipinski definition) is 3. The van der Waals surface area contributed by atoms with Crippen molar-refractivity contribution >= 4 is 17.8 Å². The van der Waals surface area contributed by atoms with Crippen LogP contribution in [-0.4, -0.2) is 34.8 Å². The van der Waals surface area contributed by atoms with E-state index in [1.165, 1.54) is 4.90 Å². The van der Waals surface area contributed by atoms with Gasteiger partial charge in [-0.3, -0.25) is 14.5 Å². The van der Waals surface area contributed by atoms with Gasteiger partial charge >= 0.3 is 6.03 Å². The van der Waals surface area contributed by atoms with E-state index < -0.39 is 5.54 Å². The highest BCUT2D eigenvalue weighted by Crippen LogP contribution is 2.41. The average Bonchev–Trinajstić information content (AvgIpc) is 3.36. The van der Waals surface area contributed by atoms with Crippen molar-refractivity contribution in [2.45, 2.75) is 62.9 Å². The zero-order valence-electron chi connectivity index (χ0n) is 15.6. The molecule has 4 amide bonds. The lowest BCUT2D eigenvalue weighted by Crippen LogP contribution is -2.44. The minimum absolute atomic E-state index is 0.0154. The maximum Gasteiger partial charge on any atom is 0.325 e. The van der Waals surface area contributed by atoms with E-state index in [0.29, 0.717) is 25.3 Å². The van der Waals surface area contributed by atoms with Crippen molar-refractivity contribution in [3.8, 4) is 0 Å². The molecule has 1 aromatic carbocycles. The maximum absolute atomic E-state index is 12.6. The first-order valence-electron chi connectivity index (χ1n) is 10.1. The largest absolute Gasteiger partial charge is 0.349 e. The number of imide groups is 1. The molecule has 1 heterocycles. The molecule has 1 saturated heterocycles. The van der Waals surface area contributed by atoms with Crippen molar-refractivity contribution in [2.75, 3.05) is 6.54 Å².